The second-order valence-electron chi connectivity index (χ2n) is 9.21. The molecule has 1 saturated heterocycles. The Morgan fingerprint density at radius 2 is 1.61 bits per heavy atom. The zero-order valence-corrected chi connectivity index (χ0v) is 22.0. The predicted molar refractivity (Wildman–Crippen MR) is 137 cm³/mol. The first-order chi connectivity index (χ1) is 17.8. The lowest BCUT2D eigenvalue weighted by molar-refractivity contribution is -0.192. The monoisotopic (exact) mass is 556 g/mol. The Morgan fingerprint density at radius 3 is 2.18 bits per heavy atom. The molecular weight excluding hydrogens is 525 g/mol. The topological polar surface area (TPSA) is 119 Å². The van der Waals surface area contributed by atoms with E-state index in [1.807, 2.05) is 12.1 Å². The van der Waals surface area contributed by atoms with E-state index in [1.54, 1.807) is 38.4 Å². The van der Waals surface area contributed by atoms with Gasteiger partial charge in [-0.05, 0) is 67.1 Å². The molecule has 1 aliphatic heterocycles. The maximum absolute atomic E-state index is 13.1. The number of hydrogen-bond donors (Lipinski definition) is 3. The third-order valence-electron chi connectivity index (χ3n) is 6.22. The highest BCUT2D eigenvalue weighted by atomic mass is 32.2. The summed E-state index contributed by atoms with van der Waals surface area (Å²) in [6.45, 7) is 3.30. The zero-order valence-electron chi connectivity index (χ0n) is 21.1. The number of aryl methyl sites for hydroxylation is 2. The molecule has 13 heteroatoms. The first-order valence-corrected chi connectivity index (χ1v) is 13.5. The molecule has 2 aromatic carbocycles. The van der Waals surface area contributed by atoms with Crippen LogP contribution in [0.25, 0.3) is 0 Å². The molecule has 1 amide bonds. The average molecular weight is 557 g/mol. The van der Waals surface area contributed by atoms with Gasteiger partial charge < -0.3 is 20.2 Å². The number of anilines is 2. The quantitative estimate of drug-likeness (QED) is 0.518. The molecule has 0 unspecified atom stereocenters. The van der Waals surface area contributed by atoms with E-state index >= 15 is 0 Å². The van der Waals surface area contributed by atoms with Crippen molar-refractivity contribution in [1.82, 2.24) is 10.2 Å². The van der Waals surface area contributed by atoms with Crippen LogP contribution < -0.4 is 14.9 Å². The summed E-state index contributed by atoms with van der Waals surface area (Å²) in [5, 5.41) is 10.4. The molecule has 2 aliphatic rings. The van der Waals surface area contributed by atoms with Crippen LogP contribution in [0.15, 0.2) is 41.3 Å². The number of nitrogens with zero attached hydrogens (tertiary/aromatic N) is 2. The van der Waals surface area contributed by atoms with Gasteiger partial charge in [0.1, 0.15) is 0 Å². The number of alkyl halides is 3. The normalized spacial score (nSPS) is 15.6. The number of carbonyl (C=O) groups is 2. The molecule has 0 bridgehead atoms. The summed E-state index contributed by atoms with van der Waals surface area (Å²) >= 11 is 0. The number of aliphatic carboxylic acids is 1. The molecule has 0 aromatic heterocycles. The van der Waals surface area contributed by atoms with Crippen molar-refractivity contribution in [3.8, 4) is 0 Å². The van der Waals surface area contributed by atoms with Crippen LogP contribution >= 0.6 is 0 Å². The zero-order chi connectivity index (χ0) is 28.1. The van der Waals surface area contributed by atoms with Gasteiger partial charge in [-0.3, -0.25) is 9.52 Å². The van der Waals surface area contributed by atoms with Crippen LogP contribution in [0.2, 0.25) is 0 Å². The van der Waals surface area contributed by atoms with Crippen LogP contribution in [0.5, 0.6) is 0 Å². The van der Waals surface area contributed by atoms with Gasteiger partial charge in [-0.15, -0.1) is 0 Å². The van der Waals surface area contributed by atoms with Gasteiger partial charge in [-0.1, -0.05) is 6.07 Å². The third-order valence-corrected chi connectivity index (χ3v) is 7.59. The van der Waals surface area contributed by atoms with E-state index in [2.05, 4.69) is 14.9 Å². The lowest BCUT2D eigenvalue weighted by atomic mass is 9.92. The smallest absolute Gasteiger partial charge is 0.475 e. The van der Waals surface area contributed by atoms with Crippen molar-refractivity contribution in [3.63, 3.8) is 0 Å². The lowest BCUT2D eigenvalue weighted by Crippen LogP contribution is -2.44. The Morgan fingerprint density at radius 1 is 1.00 bits per heavy atom. The molecule has 0 spiro atoms. The summed E-state index contributed by atoms with van der Waals surface area (Å²) in [7, 11) is -0.341. The number of rotatable bonds is 5. The molecule has 1 aliphatic carbocycles. The van der Waals surface area contributed by atoms with Crippen molar-refractivity contribution < 1.29 is 36.3 Å². The second-order valence-corrected chi connectivity index (χ2v) is 10.9. The van der Waals surface area contributed by atoms with E-state index in [0.29, 0.717) is 11.3 Å². The van der Waals surface area contributed by atoms with Gasteiger partial charge in [0.15, 0.2) is 0 Å². The summed E-state index contributed by atoms with van der Waals surface area (Å²) < 4.78 is 60.5. The summed E-state index contributed by atoms with van der Waals surface area (Å²) in [6.07, 6.45) is -0.918. The van der Waals surface area contributed by atoms with Crippen molar-refractivity contribution in [3.05, 3.63) is 53.1 Å². The van der Waals surface area contributed by atoms with Crippen LogP contribution in [0.1, 0.15) is 34.3 Å². The Hall–Kier alpha value is -3.32. The fraction of sp³-hybridized carbons (Fsp3) is 0.440. The molecule has 9 nitrogen and oxygen atoms in total. The predicted octanol–water partition coefficient (Wildman–Crippen LogP) is 3.11. The van der Waals surface area contributed by atoms with E-state index < -0.39 is 22.2 Å². The number of sulfonamides is 1. The molecule has 1 fully saturated rings. The number of nitrogens with one attached hydrogen (secondary N) is 2. The van der Waals surface area contributed by atoms with E-state index in [1.165, 1.54) is 10.5 Å². The van der Waals surface area contributed by atoms with Crippen LogP contribution in [-0.4, -0.2) is 76.8 Å². The Bertz CT molecular complexity index is 1280. The van der Waals surface area contributed by atoms with Gasteiger partial charge in [-0.25, -0.2) is 13.2 Å². The molecule has 4 rings (SSSR count). The van der Waals surface area contributed by atoms with E-state index in [4.69, 9.17) is 9.90 Å². The molecular formula is C25H31F3N4O5S. The van der Waals surface area contributed by atoms with Crippen molar-refractivity contribution in [2.24, 2.45) is 0 Å². The maximum atomic E-state index is 13.1. The lowest BCUT2D eigenvalue weighted by Gasteiger charge is -2.31. The molecule has 0 atom stereocenters. The SMILES string of the molecule is CN(C)C(=O)c1cc(NS(=O)(=O)c2ccc3c(c2)CCCC3)ccc1N1CCNCC1.O=C(O)C(F)(F)F. The number of carboxylic acids is 1. The molecule has 1 heterocycles. The summed E-state index contributed by atoms with van der Waals surface area (Å²) in [6, 6.07) is 10.6. The average Bonchev–Trinajstić information content (AvgIpc) is 2.88. The van der Waals surface area contributed by atoms with Gasteiger partial charge in [-0.2, -0.15) is 13.2 Å². The minimum absolute atomic E-state index is 0.150. The van der Waals surface area contributed by atoms with Crippen molar-refractivity contribution in [2.45, 2.75) is 36.8 Å². The number of carboxylic acid groups (broad SMARTS) is 1. The number of halogens is 3. The Labute approximate surface area is 219 Å². The summed E-state index contributed by atoms with van der Waals surface area (Å²) in [5.41, 5.74) is 4.08. The molecule has 0 radical (unpaired) electrons. The standard InChI is InChI=1S/C23H30N4O3S.C2HF3O2/c1-26(2)23(28)21-16-19(8-10-22(21)27-13-11-24-12-14-27)25-31(29,30)20-9-7-17-5-3-4-6-18(17)15-20;3-2(4,5)1(6)7/h7-10,15-16,24-25H,3-6,11-14H2,1-2H3;(H,6,7). The number of hydrogen-bond acceptors (Lipinski definition) is 6. The summed E-state index contributed by atoms with van der Waals surface area (Å²) in [5.74, 6) is -2.91. The Kier molecular flexibility index (Phi) is 9.26. The van der Waals surface area contributed by atoms with Crippen LogP contribution in [0.3, 0.4) is 0 Å². The highest BCUT2D eigenvalue weighted by Gasteiger charge is 2.38. The highest BCUT2D eigenvalue weighted by molar-refractivity contribution is 7.92. The van der Waals surface area contributed by atoms with Gasteiger partial charge >= 0.3 is 12.1 Å². The van der Waals surface area contributed by atoms with Crippen molar-refractivity contribution in [2.75, 3.05) is 49.9 Å². The molecule has 3 N–H and O–H groups in total. The van der Waals surface area contributed by atoms with Gasteiger partial charge in [0.25, 0.3) is 15.9 Å². The molecule has 0 saturated carbocycles. The largest absolute Gasteiger partial charge is 0.490 e. The first kappa shape index (κ1) is 29.2. The van der Waals surface area contributed by atoms with Gasteiger partial charge in [0.2, 0.25) is 0 Å². The van der Waals surface area contributed by atoms with E-state index in [0.717, 1.165) is 63.1 Å². The van der Waals surface area contributed by atoms with Crippen LogP contribution in [0.4, 0.5) is 24.5 Å². The second kappa shape index (κ2) is 12.0. The minimum Gasteiger partial charge on any atom is -0.475 e. The molecule has 38 heavy (non-hydrogen) atoms. The minimum atomic E-state index is -5.08. The molecule has 2 aromatic rings. The van der Waals surface area contributed by atoms with Crippen molar-refractivity contribution in [1.29, 1.82) is 0 Å². The number of benzene rings is 2. The number of amides is 1. The van der Waals surface area contributed by atoms with Gasteiger partial charge in [0.05, 0.1) is 10.5 Å². The number of piperazine rings is 1. The van der Waals surface area contributed by atoms with Gasteiger partial charge in [0, 0.05) is 51.6 Å². The maximum Gasteiger partial charge on any atom is 0.490 e. The molecule has 208 valence electrons. The van der Waals surface area contributed by atoms with Crippen LogP contribution in [0, 0.1) is 0 Å². The Balaban J connectivity index is 0.000000505. The van der Waals surface area contributed by atoms with Crippen molar-refractivity contribution >= 4 is 33.3 Å². The first-order valence-electron chi connectivity index (χ1n) is 12.1. The highest BCUT2D eigenvalue weighted by Crippen LogP contribution is 2.29. The third kappa shape index (κ3) is 7.38. The number of carbonyl (C=O) groups excluding carboxylic acids is 1. The van der Waals surface area contributed by atoms with E-state index in [-0.39, 0.29) is 10.8 Å². The van der Waals surface area contributed by atoms with E-state index in [9.17, 15) is 26.4 Å². The fourth-order valence-corrected chi connectivity index (χ4v) is 5.38. The fourth-order valence-electron chi connectivity index (χ4n) is 4.28. The summed E-state index contributed by atoms with van der Waals surface area (Å²) in [4.78, 5) is 25.7. The van der Waals surface area contributed by atoms with Crippen LogP contribution in [-0.2, 0) is 27.7 Å². The number of fused-ring (bicyclic) bond motifs is 1.